The van der Waals surface area contributed by atoms with E-state index < -0.39 is 5.82 Å². The molecule has 8 nitrogen and oxygen atoms in total. The second kappa shape index (κ2) is 13.3. The Bertz CT molecular complexity index is 1080. The van der Waals surface area contributed by atoms with Crippen LogP contribution in [0.1, 0.15) is 45.4 Å². The fourth-order valence-corrected chi connectivity index (χ4v) is 5.29. The lowest BCUT2D eigenvalue weighted by Gasteiger charge is -2.31. The van der Waals surface area contributed by atoms with Crippen LogP contribution in [0, 0.1) is 23.1 Å². The van der Waals surface area contributed by atoms with Crippen LogP contribution in [0.3, 0.4) is 0 Å². The van der Waals surface area contributed by atoms with E-state index in [1.807, 2.05) is 6.07 Å². The molecule has 3 N–H and O–H groups in total. The Hall–Kier alpha value is -2.51. The van der Waals surface area contributed by atoms with E-state index in [4.69, 9.17) is 21.1 Å². The van der Waals surface area contributed by atoms with Crippen LogP contribution in [0.15, 0.2) is 24.4 Å². The average Bonchev–Trinajstić information content (AvgIpc) is 2.91. The Kier molecular flexibility index (Phi) is 9.92. The van der Waals surface area contributed by atoms with E-state index in [2.05, 4.69) is 38.9 Å². The molecule has 200 valence electrons. The normalized spacial score (nSPS) is 24.7. The number of hydrogen-bond donors (Lipinski definition) is 3. The van der Waals surface area contributed by atoms with E-state index >= 15 is 0 Å². The van der Waals surface area contributed by atoms with E-state index in [0.29, 0.717) is 60.6 Å². The van der Waals surface area contributed by atoms with E-state index in [9.17, 15) is 9.65 Å². The molecular formula is C27H36ClFN6O2. The minimum Gasteiger partial charge on any atom is -0.383 e. The van der Waals surface area contributed by atoms with Crippen molar-refractivity contribution in [3.8, 4) is 17.3 Å². The van der Waals surface area contributed by atoms with E-state index in [0.717, 1.165) is 37.9 Å². The standard InChI is InChI=1S/C27H36ClFN6O2/c1-17(16-36-2)33-19-3-5-20(6-4-19)34-26-12-22(23(28)15-31-26)25-8-7-24(29)27(35-25)32-14-21-11-18(13-30)9-10-37-21/h7-8,12,15,17-21,33H,3-6,9-11,14,16H2,1-2H3,(H,31,34)(H,32,35)/t17-,18?,19-,20-,21?/m1/s1. The first kappa shape index (κ1) is 27.5. The number of aromatic nitrogens is 2. The number of rotatable bonds is 10. The van der Waals surface area contributed by atoms with Crippen molar-refractivity contribution < 1.29 is 13.9 Å². The monoisotopic (exact) mass is 530 g/mol. The van der Waals surface area contributed by atoms with E-state index in [1.165, 1.54) is 6.07 Å². The molecule has 0 spiro atoms. The maximum atomic E-state index is 14.5. The van der Waals surface area contributed by atoms with Gasteiger partial charge in [-0.05, 0) is 63.6 Å². The van der Waals surface area contributed by atoms with Crippen LogP contribution >= 0.6 is 11.6 Å². The highest BCUT2D eigenvalue weighted by Crippen LogP contribution is 2.31. The molecular weight excluding hydrogens is 495 g/mol. The lowest BCUT2D eigenvalue weighted by molar-refractivity contribution is 0.0104. The van der Waals surface area contributed by atoms with Gasteiger partial charge in [-0.3, -0.25) is 0 Å². The summed E-state index contributed by atoms with van der Waals surface area (Å²) in [7, 11) is 1.73. The summed E-state index contributed by atoms with van der Waals surface area (Å²) in [5, 5.41) is 19.9. The van der Waals surface area contributed by atoms with Crippen molar-refractivity contribution in [3.05, 3.63) is 35.2 Å². The van der Waals surface area contributed by atoms with Crippen LogP contribution in [0.25, 0.3) is 11.3 Å². The Morgan fingerprint density at radius 2 is 2.03 bits per heavy atom. The van der Waals surface area contributed by atoms with Crippen molar-refractivity contribution in [1.82, 2.24) is 15.3 Å². The zero-order chi connectivity index (χ0) is 26.2. The van der Waals surface area contributed by atoms with Crippen LogP contribution in [-0.4, -0.2) is 61.1 Å². The molecule has 1 saturated heterocycles. The Morgan fingerprint density at radius 1 is 1.24 bits per heavy atom. The highest BCUT2D eigenvalue weighted by atomic mass is 35.5. The third-order valence-electron chi connectivity index (χ3n) is 7.04. The summed E-state index contributed by atoms with van der Waals surface area (Å²) in [6, 6.07) is 8.33. The molecule has 10 heteroatoms. The number of halogens is 2. The highest BCUT2D eigenvalue weighted by Gasteiger charge is 2.24. The molecule has 0 radical (unpaired) electrons. The molecule has 2 unspecified atom stereocenters. The molecule has 1 aliphatic heterocycles. The van der Waals surface area contributed by atoms with Crippen molar-refractivity contribution in [2.75, 3.05) is 37.5 Å². The molecule has 2 fully saturated rings. The van der Waals surface area contributed by atoms with Gasteiger partial charge in [-0.25, -0.2) is 14.4 Å². The summed E-state index contributed by atoms with van der Waals surface area (Å²) in [5.41, 5.74) is 1.24. The van der Waals surface area contributed by atoms with Gasteiger partial charge in [-0.15, -0.1) is 0 Å². The first-order chi connectivity index (χ1) is 17.9. The van der Waals surface area contributed by atoms with Gasteiger partial charge in [-0.1, -0.05) is 11.6 Å². The summed E-state index contributed by atoms with van der Waals surface area (Å²) in [5.74, 6) is 0.375. The number of nitrogens with zero attached hydrogens (tertiary/aromatic N) is 3. The second-order valence-corrected chi connectivity index (χ2v) is 10.4. The summed E-state index contributed by atoms with van der Waals surface area (Å²) in [6.45, 7) is 3.77. The third kappa shape index (κ3) is 7.74. The van der Waals surface area contributed by atoms with Crippen LogP contribution in [0.5, 0.6) is 0 Å². The minimum absolute atomic E-state index is 0.0308. The highest BCUT2D eigenvalue weighted by molar-refractivity contribution is 6.33. The topological polar surface area (TPSA) is 104 Å². The maximum absolute atomic E-state index is 14.5. The molecule has 4 rings (SSSR count). The lowest BCUT2D eigenvalue weighted by Crippen LogP contribution is -2.42. The average molecular weight is 531 g/mol. The minimum atomic E-state index is -0.454. The SMILES string of the molecule is COC[C@@H](C)N[C@H]1CC[C@H](Nc2cc(-c3ccc(F)c(NCC4CC(C#N)CCO4)n3)c(Cl)cn2)CC1. The van der Waals surface area contributed by atoms with Gasteiger partial charge in [0.05, 0.1) is 35.4 Å². The van der Waals surface area contributed by atoms with Crippen LogP contribution < -0.4 is 16.0 Å². The summed E-state index contributed by atoms with van der Waals surface area (Å²) < 4.78 is 25.5. The zero-order valence-electron chi connectivity index (χ0n) is 21.5. The lowest BCUT2D eigenvalue weighted by atomic mass is 9.90. The Balaban J connectivity index is 1.38. The molecule has 3 atom stereocenters. The predicted molar refractivity (Wildman–Crippen MR) is 143 cm³/mol. The number of nitrogens with one attached hydrogen (secondary N) is 3. The number of methoxy groups -OCH3 is 1. The van der Waals surface area contributed by atoms with E-state index in [-0.39, 0.29) is 17.8 Å². The van der Waals surface area contributed by atoms with Gasteiger partial charge in [0.25, 0.3) is 0 Å². The first-order valence-electron chi connectivity index (χ1n) is 13.0. The molecule has 2 aliphatic rings. The van der Waals surface area contributed by atoms with Gasteiger partial charge in [0.1, 0.15) is 5.82 Å². The molecule has 1 aliphatic carbocycles. The maximum Gasteiger partial charge on any atom is 0.165 e. The summed E-state index contributed by atoms with van der Waals surface area (Å²) >= 11 is 6.48. The van der Waals surface area contributed by atoms with Crippen LogP contribution in [0.4, 0.5) is 16.0 Å². The van der Waals surface area contributed by atoms with Gasteiger partial charge >= 0.3 is 0 Å². The van der Waals surface area contributed by atoms with Gasteiger partial charge in [0.15, 0.2) is 11.6 Å². The third-order valence-corrected chi connectivity index (χ3v) is 7.34. The van der Waals surface area contributed by atoms with Crippen LogP contribution in [0.2, 0.25) is 5.02 Å². The molecule has 0 bridgehead atoms. The molecule has 0 amide bonds. The summed E-state index contributed by atoms with van der Waals surface area (Å²) in [4.78, 5) is 8.97. The number of pyridine rings is 2. The van der Waals surface area contributed by atoms with Gasteiger partial charge < -0.3 is 25.4 Å². The molecule has 3 heterocycles. The number of hydrogen-bond acceptors (Lipinski definition) is 8. The largest absolute Gasteiger partial charge is 0.383 e. The van der Waals surface area contributed by atoms with Crippen molar-refractivity contribution >= 4 is 23.2 Å². The van der Waals surface area contributed by atoms with Gasteiger partial charge in [0, 0.05) is 50.1 Å². The molecule has 37 heavy (non-hydrogen) atoms. The molecule has 1 saturated carbocycles. The van der Waals surface area contributed by atoms with Gasteiger partial charge in [-0.2, -0.15) is 5.26 Å². The van der Waals surface area contributed by atoms with Crippen molar-refractivity contribution in [2.45, 2.75) is 69.7 Å². The molecule has 2 aromatic heterocycles. The smallest absolute Gasteiger partial charge is 0.165 e. The fourth-order valence-electron chi connectivity index (χ4n) is 5.09. The zero-order valence-corrected chi connectivity index (χ0v) is 22.2. The van der Waals surface area contributed by atoms with Crippen molar-refractivity contribution in [2.24, 2.45) is 5.92 Å². The molecule has 0 aromatic carbocycles. The van der Waals surface area contributed by atoms with Gasteiger partial charge in [0.2, 0.25) is 0 Å². The summed E-state index contributed by atoms with van der Waals surface area (Å²) in [6.07, 6.45) is 7.05. The van der Waals surface area contributed by atoms with Crippen molar-refractivity contribution in [1.29, 1.82) is 5.26 Å². The number of anilines is 2. The van der Waals surface area contributed by atoms with E-state index in [1.54, 1.807) is 19.4 Å². The molecule has 2 aromatic rings. The number of nitriles is 1. The quantitative estimate of drug-likeness (QED) is 0.393. The fraction of sp³-hybridized carbons (Fsp3) is 0.593. The second-order valence-electron chi connectivity index (χ2n) is 10.0. The Labute approximate surface area is 223 Å². The Morgan fingerprint density at radius 3 is 2.78 bits per heavy atom. The number of ether oxygens (including phenoxy) is 2. The van der Waals surface area contributed by atoms with Crippen LogP contribution in [-0.2, 0) is 9.47 Å². The van der Waals surface area contributed by atoms with Crippen molar-refractivity contribution in [3.63, 3.8) is 0 Å². The predicted octanol–water partition coefficient (Wildman–Crippen LogP) is 5.01. The first-order valence-corrected chi connectivity index (χ1v) is 13.4.